The van der Waals surface area contributed by atoms with Crippen molar-refractivity contribution in [2.45, 2.75) is 13.8 Å². The minimum absolute atomic E-state index is 0.187. The van der Waals surface area contributed by atoms with Crippen LogP contribution in [-0.2, 0) is 4.79 Å². The van der Waals surface area contributed by atoms with Crippen molar-refractivity contribution in [2.24, 2.45) is 5.92 Å². The number of para-hydroxylation sites is 1. The standard InChI is InChI=1S/C15H20N2O4/c1-10(2)8-17(9-13(18)19)15(20)11-4-3-5-12-14(11)21-7-6-16-12/h3-5,10,16H,6-9H2,1-2H3,(H,18,19). The first kappa shape index (κ1) is 15.2. The Balaban J connectivity index is 2.29. The fourth-order valence-corrected chi connectivity index (χ4v) is 2.33. The Bertz CT molecular complexity index is 542. The quantitative estimate of drug-likeness (QED) is 0.863. The van der Waals surface area contributed by atoms with Gasteiger partial charge in [0.1, 0.15) is 13.2 Å². The van der Waals surface area contributed by atoms with Crippen LogP contribution in [0, 0.1) is 5.92 Å². The van der Waals surface area contributed by atoms with E-state index in [-0.39, 0.29) is 18.4 Å². The second-order valence-electron chi connectivity index (χ2n) is 5.43. The van der Waals surface area contributed by atoms with Crippen LogP contribution in [0.1, 0.15) is 24.2 Å². The van der Waals surface area contributed by atoms with Crippen molar-refractivity contribution in [1.29, 1.82) is 0 Å². The van der Waals surface area contributed by atoms with Gasteiger partial charge >= 0.3 is 5.97 Å². The summed E-state index contributed by atoms with van der Waals surface area (Å²) in [4.78, 5) is 25.0. The molecule has 0 fully saturated rings. The van der Waals surface area contributed by atoms with E-state index in [2.05, 4.69) is 5.32 Å². The monoisotopic (exact) mass is 292 g/mol. The molecule has 0 spiro atoms. The summed E-state index contributed by atoms with van der Waals surface area (Å²) < 4.78 is 5.58. The lowest BCUT2D eigenvalue weighted by molar-refractivity contribution is -0.137. The molecule has 0 radical (unpaired) electrons. The fraction of sp³-hybridized carbons (Fsp3) is 0.467. The zero-order valence-electron chi connectivity index (χ0n) is 12.3. The number of carbonyl (C=O) groups is 2. The average Bonchev–Trinajstić information content (AvgIpc) is 2.44. The minimum Gasteiger partial charge on any atom is -0.489 e. The molecule has 0 atom stereocenters. The number of hydrogen-bond acceptors (Lipinski definition) is 4. The van der Waals surface area contributed by atoms with Crippen molar-refractivity contribution >= 4 is 17.6 Å². The molecule has 1 amide bonds. The molecule has 1 aliphatic heterocycles. The third kappa shape index (κ3) is 3.65. The molecule has 0 bridgehead atoms. The number of carbonyl (C=O) groups excluding carboxylic acids is 1. The van der Waals surface area contributed by atoms with Crippen molar-refractivity contribution in [3.8, 4) is 5.75 Å². The number of aliphatic carboxylic acids is 1. The van der Waals surface area contributed by atoms with E-state index in [0.717, 1.165) is 5.69 Å². The van der Waals surface area contributed by atoms with Gasteiger partial charge in [-0.2, -0.15) is 0 Å². The number of benzene rings is 1. The molecule has 0 aliphatic carbocycles. The van der Waals surface area contributed by atoms with Crippen LogP contribution in [0.25, 0.3) is 0 Å². The van der Waals surface area contributed by atoms with Crippen molar-refractivity contribution in [3.63, 3.8) is 0 Å². The lowest BCUT2D eigenvalue weighted by atomic mass is 10.1. The highest BCUT2D eigenvalue weighted by atomic mass is 16.5. The molecule has 0 aromatic heterocycles. The van der Waals surface area contributed by atoms with E-state index >= 15 is 0 Å². The van der Waals surface area contributed by atoms with Crippen LogP contribution in [-0.4, -0.2) is 48.1 Å². The van der Waals surface area contributed by atoms with Crippen LogP contribution in [0.3, 0.4) is 0 Å². The zero-order valence-corrected chi connectivity index (χ0v) is 12.3. The molecule has 1 aliphatic rings. The highest BCUT2D eigenvalue weighted by Crippen LogP contribution is 2.32. The molecule has 21 heavy (non-hydrogen) atoms. The first-order chi connectivity index (χ1) is 9.99. The molecule has 0 unspecified atom stereocenters. The van der Waals surface area contributed by atoms with Crippen molar-refractivity contribution in [2.75, 3.05) is 31.6 Å². The van der Waals surface area contributed by atoms with E-state index < -0.39 is 5.97 Å². The SMILES string of the molecule is CC(C)CN(CC(=O)O)C(=O)c1cccc2c1OCCN2. The third-order valence-corrected chi connectivity index (χ3v) is 3.11. The highest BCUT2D eigenvalue weighted by Gasteiger charge is 2.25. The number of nitrogens with one attached hydrogen (secondary N) is 1. The molecule has 0 saturated carbocycles. The molecule has 114 valence electrons. The van der Waals surface area contributed by atoms with Gasteiger partial charge in [0, 0.05) is 13.1 Å². The first-order valence-corrected chi connectivity index (χ1v) is 6.99. The van der Waals surface area contributed by atoms with Gasteiger partial charge < -0.3 is 20.1 Å². The summed E-state index contributed by atoms with van der Waals surface area (Å²) in [6, 6.07) is 5.28. The topological polar surface area (TPSA) is 78.9 Å². The highest BCUT2D eigenvalue weighted by molar-refractivity contribution is 6.00. The number of carboxylic acid groups (broad SMARTS) is 1. The number of amides is 1. The molecular weight excluding hydrogens is 272 g/mol. The molecule has 6 heteroatoms. The predicted octanol–water partition coefficient (Wildman–Crippen LogP) is 1.67. The molecular formula is C15H20N2O4. The number of anilines is 1. The normalized spacial score (nSPS) is 13.1. The maximum absolute atomic E-state index is 12.6. The van der Waals surface area contributed by atoms with E-state index in [1.807, 2.05) is 19.9 Å². The predicted molar refractivity (Wildman–Crippen MR) is 78.8 cm³/mol. The van der Waals surface area contributed by atoms with E-state index in [0.29, 0.717) is 31.0 Å². The van der Waals surface area contributed by atoms with Crippen LogP contribution in [0.2, 0.25) is 0 Å². The third-order valence-electron chi connectivity index (χ3n) is 3.11. The van der Waals surface area contributed by atoms with Gasteiger partial charge in [-0.15, -0.1) is 0 Å². The molecule has 1 aromatic carbocycles. The van der Waals surface area contributed by atoms with Gasteiger partial charge in [-0.05, 0) is 18.1 Å². The Morgan fingerprint density at radius 1 is 1.43 bits per heavy atom. The molecule has 1 aromatic rings. The minimum atomic E-state index is -1.02. The lowest BCUT2D eigenvalue weighted by Crippen LogP contribution is -2.38. The van der Waals surface area contributed by atoms with Gasteiger partial charge in [-0.3, -0.25) is 9.59 Å². The van der Waals surface area contributed by atoms with Gasteiger partial charge in [0.2, 0.25) is 0 Å². The van der Waals surface area contributed by atoms with E-state index in [1.165, 1.54) is 4.90 Å². The van der Waals surface area contributed by atoms with Crippen LogP contribution in [0.4, 0.5) is 5.69 Å². The number of ether oxygens (including phenoxy) is 1. The largest absolute Gasteiger partial charge is 0.489 e. The molecule has 2 rings (SSSR count). The fourth-order valence-electron chi connectivity index (χ4n) is 2.33. The van der Waals surface area contributed by atoms with Crippen LogP contribution in [0.15, 0.2) is 18.2 Å². The van der Waals surface area contributed by atoms with Gasteiger partial charge in [0.25, 0.3) is 5.91 Å². The van der Waals surface area contributed by atoms with E-state index in [4.69, 9.17) is 9.84 Å². The van der Waals surface area contributed by atoms with Gasteiger partial charge in [-0.1, -0.05) is 19.9 Å². The summed E-state index contributed by atoms with van der Waals surface area (Å²) in [5, 5.41) is 12.2. The summed E-state index contributed by atoms with van der Waals surface area (Å²) in [6.07, 6.45) is 0. The maximum Gasteiger partial charge on any atom is 0.323 e. The summed E-state index contributed by atoms with van der Waals surface area (Å²) >= 11 is 0. The Kier molecular flexibility index (Phi) is 4.67. The second-order valence-corrected chi connectivity index (χ2v) is 5.43. The first-order valence-electron chi connectivity index (χ1n) is 6.99. The molecule has 2 N–H and O–H groups in total. The zero-order chi connectivity index (χ0) is 15.4. The summed E-state index contributed by atoms with van der Waals surface area (Å²) in [5.74, 6) is -0.640. The number of nitrogens with zero attached hydrogens (tertiary/aromatic N) is 1. The van der Waals surface area contributed by atoms with E-state index in [1.54, 1.807) is 12.1 Å². The molecule has 6 nitrogen and oxygen atoms in total. The van der Waals surface area contributed by atoms with E-state index in [9.17, 15) is 9.59 Å². The van der Waals surface area contributed by atoms with Crippen LogP contribution < -0.4 is 10.1 Å². The Labute approximate surface area is 123 Å². The average molecular weight is 292 g/mol. The second kappa shape index (κ2) is 6.47. The number of carboxylic acids is 1. The van der Waals surface area contributed by atoms with Crippen LogP contribution >= 0.6 is 0 Å². The lowest BCUT2D eigenvalue weighted by Gasteiger charge is -2.26. The molecule has 0 saturated heterocycles. The van der Waals surface area contributed by atoms with Gasteiger partial charge in [-0.25, -0.2) is 0 Å². The Hall–Kier alpha value is -2.24. The van der Waals surface area contributed by atoms with Crippen molar-refractivity contribution < 1.29 is 19.4 Å². The maximum atomic E-state index is 12.6. The van der Waals surface area contributed by atoms with Crippen LogP contribution in [0.5, 0.6) is 5.75 Å². The number of rotatable bonds is 5. The summed E-state index contributed by atoms with van der Waals surface area (Å²) in [6.45, 7) is 5.15. The number of fused-ring (bicyclic) bond motifs is 1. The molecule has 1 heterocycles. The van der Waals surface area contributed by atoms with Crippen molar-refractivity contribution in [1.82, 2.24) is 4.90 Å². The Morgan fingerprint density at radius 3 is 2.86 bits per heavy atom. The Morgan fingerprint density at radius 2 is 2.19 bits per heavy atom. The summed E-state index contributed by atoms with van der Waals surface area (Å²) in [7, 11) is 0. The van der Waals surface area contributed by atoms with Gasteiger partial charge in [0.15, 0.2) is 5.75 Å². The summed E-state index contributed by atoms with van der Waals surface area (Å²) in [5.41, 5.74) is 1.17. The number of hydrogen-bond donors (Lipinski definition) is 2. The van der Waals surface area contributed by atoms with Gasteiger partial charge in [0.05, 0.1) is 11.3 Å². The smallest absolute Gasteiger partial charge is 0.323 e. The van der Waals surface area contributed by atoms with Crippen molar-refractivity contribution in [3.05, 3.63) is 23.8 Å².